The van der Waals surface area contributed by atoms with Gasteiger partial charge in [-0.1, -0.05) is 24.3 Å². The number of hydrogen-bond donors (Lipinski definition) is 0. The van der Waals surface area contributed by atoms with Crippen molar-refractivity contribution in [2.75, 3.05) is 0 Å². The van der Waals surface area contributed by atoms with Gasteiger partial charge in [-0.25, -0.2) is 15.0 Å². The van der Waals surface area contributed by atoms with E-state index in [1.54, 1.807) is 18.7 Å². The van der Waals surface area contributed by atoms with E-state index in [4.69, 9.17) is 0 Å². The van der Waals surface area contributed by atoms with Crippen LogP contribution in [-0.4, -0.2) is 19.5 Å². The molecule has 4 rings (SSSR count). The van der Waals surface area contributed by atoms with Gasteiger partial charge >= 0.3 is 0 Å². The second-order valence-electron chi connectivity index (χ2n) is 5.48. The monoisotopic (exact) mass is 311 g/mol. The Morgan fingerprint density at radius 3 is 2.71 bits per heavy atom. The second kappa shape index (κ2) is 5.94. The Labute approximate surface area is 138 Å². The lowest BCUT2D eigenvalue weighted by Gasteiger charge is -2.07. The summed E-state index contributed by atoms with van der Waals surface area (Å²) in [5.74, 6) is 0. The summed E-state index contributed by atoms with van der Waals surface area (Å²) in [7, 11) is 0. The van der Waals surface area contributed by atoms with Crippen molar-refractivity contribution in [1.82, 2.24) is 19.5 Å². The zero-order valence-electron chi connectivity index (χ0n) is 12.8. The Bertz CT molecular complexity index is 1030. The molecule has 24 heavy (non-hydrogen) atoms. The minimum atomic E-state index is 0.554. The maximum absolute atomic E-state index is 9.44. The lowest BCUT2D eigenvalue weighted by Crippen LogP contribution is -1.97. The SMILES string of the molecule is N#Cc1cc2cccnc2nc1-c1ccc(Cn2ccnc2)cc1. The van der Waals surface area contributed by atoms with Crippen LogP contribution in [0.3, 0.4) is 0 Å². The third-order valence-electron chi connectivity index (χ3n) is 3.86. The Balaban J connectivity index is 1.73. The van der Waals surface area contributed by atoms with Crippen molar-refractivity contribution in [3.05, 3.63) is 78.5 Å². The Morgan fingerprint density at radius 1 is 1.08 bits per heavy atom. The fraction of sp³-hybridized carbons (Fsp3) is 0.0526. The van der Waals surface area contributed by atoms with Crippen LogP contribution in [-0.2, 0) is 6.54 Å². The fourth-order valence-electron chi connectivity index (χ4n) is 2.67. The number of nitrogens with zero attached hydrogens (tertiary/aromatic N) is 5. The van der Waals surface area contributed by atoms with Gasteiger partial charge in [0.1, 0.15) is 6.07 Å². The molecular weight excluding hydrogens is 298 g/mol. The van der Waals surface area contributed by atoms with Crippen LogP contribution in [0, 0.1) is 11.3 Å². The minimum absolute atomic E-state index is 0.554. The molecular formula is C19H13N5. The molecule has 3 heterocycles. The molecule has 0 aliphatic carbocycles. The maximum Gasteiger partial charge on any atom is 0.159 e. The van der Waals surface area contributed by atoms with Crippen molar-refractivity contribution in [2.24, 2.45) is 0 Å². The van der Waals surface area contributed by atoms with Crippen LogP contribution in [0.2, 0.25) is 0 Å². The number of imidazole rings is 1. The van der Waals surface area contributed by atoms with E-state index in [9.17, 15) is 5.26 Å². The Morgan fingerprint density at radius 2 is 1.96 bits per heavy atom. The van der Waals surface area contributed by atoms with E-state index in [0.29, 0.717) is 16.9 Å². The molecule has 0 unspecified atom stereocenters. The molecule has 4 aromatic rings. The summed E-state index contributed by atoms with van der Waals surface area (Å²) in [6.07, 6.45) is 7.19. The molecule has 0 aliphatic rings. The van der Waals surface area contributed by atoms with Gasteiger partial charge in [0.25, 0.3) is 0 Å². The first-order chi connectivity index (χ1) is 11.8. The molecule has 0 bridgehead atoms. The molecule has 0 aliphatic heterocycles. The number of fused-ring (bicyclic) bond motifs is 1. The normalized spacial score (nSPS) is 10.6. The van der Waals surface area contributed by atoms with Gasteiger partial charge in [0.15, 0.2) is 5.65 Å². The predicted octanol–water partition coefficient (Wildman–Crippen LogP) is 3.41. The molecule has 0 spiro atoms. The molecule has 0 amide bonds. The summed E-state index contributed by atoms with van der Waals surface area (Å²) in [5, 5.41) is 10.3. The van der Waals surface area contributed by atoms with Gasteiger partial charge in [0.2, 0.25) is 0 Å². The van der Waals surface area contributed by atoms with Gasteiger partial charge in [0.05, 0.1) is 17.6 Å². The van der Waals surface area contributed by atoms with Crippen molar-refractivity contribution >= 4 is 11.0 Å². The highest BCUT2D eigenvalue weighted by atomic mass is 15.0. The van der Waals surface area contributed by atoms with E-state index in [1.807, 2.05) is 53.2 Å². The summed E-state index contributed by atoms with van der Waals surface area (Å²) in [5.41, 5.74) is 3.94. The summed E-state index contributed by atoms with van der Waals surface area (Å²) in [6, 6.07) is 15.9. The molecule has 5 heteroatoms. The summed E-state index contributed by atoms with van der Waals surface area (Å²) >= 11 is 0. The second-order valence-corrected chi connectivity index (χ2v) is 5.48. The molecule has 0 fully saturated rings. The first-order valence-electron chi connectivity index (χ1n) is 7.54. The van der Waals surface area contributed by atoms with Crippen LogP contribution in [0.5, 0.6) is 0 Å². The van der Waals surface area contributed by atoms with Gasteiger partial charge in [-0.15, -0.1) is 0 Å². The van der Waals surface area contributed by atoms with E-state index in [-0.39, 0.29) is 0 Å². The highest BCUT2D eigenvalue weighted by Gasteiger charge is 2.09. The third-order valence-corrected chi connectivity index (χ3v) is 3.86. The van der Waals surface area contributed by atoms with Crippen molar-refractivity contribution in [3.63, 3.8) is 0 Å². The molecule has 0 saturated carbocycles. The van der Waals surface area contributed by atoms with Crippen molar-refractivity contribution < 1.29 is 0 Å². The van der Waals surface area contributed by atoms with E-state index in [1.165, 1.54) is 0 Å². The summed E-state index contributed by atoms with van der Waals surface area (Å²) in [4.78, 5) is 12.9. The molecule has 0 N–H and O–H groups in total. The molecule has 114 valence electrons. The number of benzene rings is 1. The zero-order valence-corrected chi connectivity index (χ0v) is 12.8. The third kappa shape index (κ3) is 2.61. The van der Waals surface area contributed by atoms with E-state index >= 15 is 0 Å². The van der Waals surface area contributed by atoms with Crippen LogP contribution in [0.15, 0.2) is 67.4 Å². The Hall–Kier alpha value is -3.52. The zero-order chi connectivity index (χ0) is 16.4. The lowest BCUT2D eigenvalue weighted by atomic mass is 10.0. The van der Waals surface area contributed by atoms with E-state index in [2.05, 4.69) is 21.0 Å². The number of nitriles is 1. The smallest absolute Gasteiger partial charge is 0.159 e. The van der Waals surface area contributed by atoms with Crippen molar-refractivity contribution in [1.29, 1.82) is 5.26 Å². The molecule has 5 nitrogen and oxygen atoms in total. The van der Waals surface area contributed by atoms with Gasteiger partial charge in [0, 0.05) is 36.1 Å². The summed E-state index contributed by atoms with van der Waals surface area (Å²) < 4.78 is 2.01. The topological polar surface area (TPSA) is 67.4 Å². The number of aromatic nitrogens is 4. The first kappa shape index (κ1) is 14.1. The molecule has 0 saturated heterocycles. The van der Waals surface area contributed by atoms with E-state index in [0.717, 1.165) is 23.1 Å². The van der Waals surface area contributed by atoms with Gasteiger partial charge in [-0.2, -0.15) is 5.26 Å². The van der Waals surface area contributed by atoms with E-state index < -0.39 is 0 Å². The number of rotatable bonds is 3. The maximum atomic E-state index is 9.44. The summed E-state index contributed by atoms with van der Waals surface area (Å²) in [6.45, 7) is 0.762. The standard InChI is InChI=1S/C19H13N5/c20-11-17-10-16-2-1-7-22-19(16)23-18(17)15-5-3-14(4-6-15)12-24-9-8-21-13-24/h1-10,13H,12H2. The van der Waals surface area contributed by atoms with Crippen LogP contribution < -0.4 is 0 Å². The van der Waals surface area contributed by atoms with Gasteiger partial charge in [-0.3, -0.25) is 0 Å². The molecule has 0 radical (unpaired) electrons. The highest BCUT2D eigenvalue weighted by Crippen LogP contribution is 2.25. The first-order valence-corrected chi connectivity index (χ1v) is 7.54. The number of hydrogen-bond acceptors (Lipinski definition) is 4. The molecule has 0 atom stereocenters. The van der Waals surface area contributed by atoms with Crippen LogP contribution in [0.25, 0.3) is 22.3 Å². The predicted molar refractivity (Wildman–Crippen MR) is 91.0 cm³/mol. The van der Waals surface area contributed by atoms with Crippen molar-refractivity contribution in [3.8, 4) is 17.3 Å². The van der Waals surface area contributed by atoms with Crippen LogP contribution in [0.4, 0.5) is 0 Å². The molecule has 3 aromatic heterocycles. The average molecular weight is 311 g/mol. The van der Waals surface area contributed by atoms with Crippen molar-refractivity contribution in [2.45, 2.75) is 6.54 Å². The lowest BCUT2D eigenvalue weighted by molar-refractivity contribution is 0.797. The largest absolute Gasteiger partial charge is 0.333 e. The van der Waals surface area contributed by atoms with Crippen LogP contribution >= 0.6 is 0 Å². The average Bonchev–Trinajstić information content (AvgIpc) is 3.14. The molecule has 1 aromatic carbocycles. The number of pyridine rings is 2. The fourth-order valence-corrected chi connectivity index (χ4v) is 2.67. The highest BCUT2D eigenvalue weighted by molar-refractivity contribution is 5.81. The quantitative estimate of drug-likeness (QED) is 0.581. The van der Waals surface area contributed by atoms with Gasteiger partial charge < -0.3 is 4.57 Å². The minimum Gasteiger partial charge on any atom is -0.333 e. The van der Waals surface area contributed by atoms with Gasteiger partial charge in [-0.05, 0) is 23.8 Å². The Kier molecular flexibility index (Phi) is 3.49. The van der Waals surface area contributed by atoms with Crippen LogP contribution in [0.1, 0.15) is 11.1 Å².